The number of halogens is 2. The summed E-state index contributed by atoms with van der Waals surface area (Å²) in [4.78, 5) is 14.6. The molecule has 0 aliphatic carbocycles. The van der Waals surface area contributed by atoms with Crippen LogP contribution in [0.2, 0.25) is 0 Å². The minimum absolute atomic E-state index is 0.106. The number of β-lactam (4-membered cyclic amide) rings is 1. The molecule has 4 nitrogen and oxygen atoms in total. The monoisotopic (exact) mass is 409 g/mol. The number of phenols is 1. The van der Waals surface area contributed by atoms with Gasteiger partial charge in [0.1, 0.15) is 17.4 Å². The van der Waals surface area contributed by atoms with Crippen molar-refractivity contribution >= 4 is 11.6 Å². The number of aromatic hydroxyl groups is 1. The van der Waals surface area contributed by atoms with Crippen molar-refractivity contribution in [3.05, 3.63) is 95.6 Å². The van der Waals surface area contributed by atoms with E-state index < -0.39 is 6.10 Å². The zero-order valence-corrected chi connectivity index (χ0v) is 16.1. The molecule has 30 heavy (non-hydrogen) atoms. The molecule has 3 aromatic carbocycles. The first-order valence-electron chi connectivity index (χ1n) is 9.75. The Hall–Kier alpha value is -3.25. The van der Waals surface area contributed by atoms with Gasteiger partial charge in [-0.1, -0.05) is 24.3 Å². The van der Waals surface area contributed by atoms with E-state index in [1.54, 1.807) is 41.3 Å². The van der Waals surface area contributed by atoms with Crippen LogP contribution in [0.25, 0.3) is 0 Å². The lowest BCUT2D eigenvalue weighted by molar-refractivity contribution is -0.131. The summed E-state index contributed by atoms with van der Waals surface area (Å²) in [5.74, 6) is -1.10. The van der Waals surface area contributed by atoms with Crippen molar-refractivity contribution in [3.63, 3.8) is 0 Å². The summed E-state index contributed by atoms with van der Waals surface area (Å²) in [6, 6.07) is 17.7. The van der Waals surface area contributed by atoms with Gasteiger partial charge in [0.25, 0.3) is 0 Å². The summed E-state index contributed by atoms with van der Waals surface area (Å²) >= 11 is 0. The van der Waals surface area contributed by atoms with Gasteiger partial charge in [-0.2, -0.15) is 0 Å². The topological polar surface area (TPSA) is 60.8 Å². The van der Waals surface area contributed by atoms with Crippen molar-refractivity contribution in [2.75, 3.05) is 4.90 Å². The molecule has 3 atom stereocenters. The summed E-state index contributed by atoms with van der Waals surface area (Å²) in [5, 5.41) is 20.1. The van der Waals surface area contributed by atoms with Gasteiger partial charge in [-0.15, -0.1) is 0 Å². The first kappa shape index (κ1) is 20.0. The molecule has 4 rings (SSSR count). The molecule has 154 valence electrons. The van der Waals surface area contributed by atoms with Gasteiger partial charge in [-0.05, 0) is 72.5 Å². The van der Waals surface area contributed by atoms with Gasteiger partial charge in [0.15, 0.2) is 0 Å². The molecule has 2 N–H and O–H groups in total. The number of hydrogen-bond donors (Lipinski definition) is 2. The number of carbonyl (C=O) groups excluding carboxylic acids is 1. The third kappa shape index (κ3) is 3.91. The van der Waals surface area contributed by atoms with Crippen LogP contribution < -0.4 is 4.90 Å². The fourth-order valence-electron chi connectivity index (χ4n) is 3.96. The Balaban J connectivity index is 1.55. The summed E-state index contributed by atoms with van der Waals surface area (Å²) < 4.78 is 26.4. The van der Waals surface area contributed by atoms with E-state index in [1.807, 2.05) is 0 Å². The lowest BCUT2D eigenvalue weighted by Crippen LogP contribution is -2.55. The van der Waals surface area contributed by atoms with E-state index >= 15 is 0 Å². The molecule has 1 saturated heterocycles. The van der Waals surface area contributed by atoms with E-state index in [2.05, 4.69) is 0 Å². The van der Waals surface area contributed by atoms with Gasteiger partial charge in [0, 0.05) is 5.69 Å². The molecule has 0 saturated carbocycles. The van der Waals surface area contributed by atoms with E-state index in [0.29, 0.717) is 24.1 Å². The Kier molecular flexibility index (Phi) is 5.50. The van der Waals surface area contributed by atoms with Gasteiger partial charge >= 0.3 is 0 Å². The van der Waals surface area contributed by atoms with Crippen molar-refractivity contribution < 1.29 is 23.8 Å². The van der Waals surface area contributed by atoms with Gasteiger partial charge in [0.2, 0.25) is 5.91 Å². The van der Waals surface area contributed by atoms with Crippen LogP contribution >= 0.6 is 0 Å². The van der Waals surface area contributed by atoms with Crippen molar-refractivity contribution in [1.29, 1.82) is 0 Å². The highest BCUT2D eigenvalue weighted by atomic mass is 19.1. The van der Waals surface area contributed by atoms with Crippen LogP contribution in [0.3, 0.4) is 0 Å². The minimum atomic E-state index is -0.807. The smallest absolute Gasteiger partial charge is 0.233 e. The van der Waals surface area contributed by atoms with E-state index in [1.165, 1.54) is 36.4 Å². The van der Waals surface area contributed by atoms with Crippen LogP contribution in [0.1, 0.15) is 36.1 Å². The van der Waals surface area contributed by atoms with Crippen LogP contribution in [-0.4, -0.2) is 16.1 Å². The number of phenolic OH excluding ortho intramolecular Hbond substituents is 1. The van der Waals surface area contributed by atoms with Gasteiger partial charge in [0.05, 0.1) is 18.1 Å². The van der Waals surface area contributed by atoms with Crippen LogP contribution in [0.5, 0.6) is 5.75 Å². The second kappa shape index (κ2) is 8.24. The van der Waals surface area contributed by atoms with Gasteiger partial charge in [-0.25, -0.2) is 8.78 Å². The Morgan fingerprint density at radius 2 is 1.43 bits per heavy atom. The number of aliphatic hydroxyl groups is 1. The second-order valence-electron chi connectivity index (χ2n) is 7.47. The molecule has 0 spiro atoms. The van der Waals surface area contributed by atoms with Gasteiger partial charge < -0.3 is 15.1 Å². The molecule has 0 aromatic heterocycles. The van der Waals surface area contributed by atoms with Gasteiger partial charge in [-0.3, -0.25) is 4.79 Å². The highest BCUT2D eigenvalue weighted by molar-refractivity contribution is 6.03. The SMILES string of the molecule is O=C1[C@@H](CC[C@H](O)c2ccc(F)cc2)[C@H](c2ccc(O)cc2)N1c1ccc(F)cc1. The number of rotatable bonds is 6. The molecule has 1 amide bonds. The molecule has 1 aliphatic heterocycles. The molecular weight excluding hydrogens is 388 g/mol. The number of benzene rings is 3. The predicted octanol–water partition coefficient (Wildman–Crippen LogP) is 4.89. The number of nitrogens with zero attached hydrogens (tertiary/aromatic N) is 1. The van der Waals surface area contributed by atoms with Crippen LogP contribution in [0.4, 0.5) is 14.5 Å². The third-order valence-corrected chi connectivity index (χ3v) is 5.56. The van der Waals surface area contributed by atoms with Crippen molar-refractivity contribution in [2.24, 2.45) is 5.92 Å². The molecule has 0 unspecified atom stereocenters. The minimum Gasteiger partial charge on any atom is -0.508 e. The zero-order valence-electron chi connectivity index (χ0n) is 16.1. The van der Waals surface area contributed by atoms with Crippen LogP contribution in [-0.2, 0) is 4.79 Å². The molecule has 1 aliphatic rings. The maximum atomic E-state index is 13.3. The van der Waals surface area contributed by atoms with E-state index in [4.69, 9.17) is 0 Å². The predicted molar refractivity (Wildman–Crippen MR) is 109 cm³/mol. The van der Waals surface area contributed by atoms with Crippen molar-refractivity contribution in [2.45, 2.75) is 25.0 Å². The third-order valence-electron chi connectivity index (χ3n) is 5.56. The summed E-state index contributed by atoms with van der Waals surface area (Å²) in [7, 11) is 0. The van der Waals surface area contributed by atoms with E-state index in [0.717, 1.165) is 5.56 Å². The quantitative estimate of drug-likeness (QED) is 0.570. The largest absolute Gasteiger partial charge is 0.508 e. The van der Waals surface area contributed by atoms with Crippen molar-refractivity contribution in [1.82, 2.24) is 0 Å². The van der Waals surface area contributed by atoms with Crippen molar-refractivity contribution in [3.8, 4) is 5.75 Å². The number of hydrogen-bond acceptors (Lipinski definition) is 3. The number of amides is 1. The molecule has 0 radical (unpaired) electrons. The number of carbonyl (C=O) groups is 1. The summed E-state index contributed by atoms with van der Waals surface area (Å²) in [5.41, 5.74) is 2.03. The second-order valence-corrected chi connectivity index (χ2v) is 7.47. The standard InChI is InChI=1S/C24H21F2NO3/c25-17-5-1-15(2-6-17)22(29)14-13-21-23(16-3-11-20(28)12-4-16)27(24(21)30)19-9-7-18(26)8-10-19/h1-12,21-23,28-29H,13-14H2/t21-,22-,23-/m0/s1. The molecule has 1 fully saturated rings. The number of aliphatic hydroxyl groups excluding tert-OH is 1. The lowest BCUT2D eigenvalue weighted by atomic mass is 9.78. The average Bonchev–Trinajstić information content (AvgIpc) is 2.74. The molecular formula is C24H21F2NO3. The first-order chi connectivity index (χ1) is 14.4. The van der Waals surface area contributed by atoms with E-state index in [9.17, 15) is 23.8 Å². The maximum Gasteiger partial charge on any atom is 0.233 e. The Bertz CT molecular complexity index is 1020. The van der Waals surface area contributed by atoms with Crippen LogP contribution in [0.15, 0.2) is 72.8 Å². The maximum absolute atomic E-state index is 13.3. The fraction of sp³-hybridized carbons (Fsp3) is 0.208. The number of anilines is 1. The first-order valence-corrected chi connectivity index (χ1v) is 9.75. The zero-order chi connectivity index (χ0) is 21.3. The normalized spacial score (nSPS) is 19.4. The average molecular weight is 409 g/mol. The summed E-state index contributed by atoms with van der Waals surface area (Å²) in [6.07, 6.45) is -0.0344. The molecule has 6 heteroatoms. The fourth-order valence-corrected chi connectivity index (χ4v) is 3.96. The highest BCUT2D eigenvalue weighted by Crippen LogP contribution is 2.46. The van der Waals surface area contributed by atoms with E-state index in [-0.39, 0.29) is 35.3 Å². The molecule has 0 bridgehead atoms. The Morgan fingerprint density at radius 1 is 0.867 bits per heavy atom. The van der Waals surface area contributed by atoms with Crippen LogP contribution in [0, 0.1) is 17.6 Å². The Morgan fingerprint density at radius 3 is 2.03 bits per heavy atom. The highest BCUT2D eigenvalue weighted by Gasteiger charge is 2.48. The summed E-state index contributed by atoms with van der Waals surface area (Å²) in [6.45, 7) is 0. The molecule has 3 aromatic rings. The molecule has 1 heterocycles. The lowest BCUT2D eigenvalue weighted by Gasteiger charge is -2.48. The Labute approximate surface area is 173 Å².